The predicted octanol–water partition coefficient (Wildman–Crippen LogP) is 2.43. The van der Waals surface area contributed by atoms with Crippen molar-refractivity contribution in [3.8, 4) is 0 Å². The highest BCUT2D eigenvalue weighted by molar-refractivity contribution is 5.99. The number of para-hydroxylation sites is 1. The number of carbonyl (C=O) groups is 1. The average Bonchev–Trinajstić information content (AvgIpc) is 3.20. The van der Waals surface area contributed by atoms with Crippen molar-refractivity contribution >= 4 is 11.6 Å². The summed E-state index contributed by atoms with van der Waals surface area (Å²) >= 11 is 0. The molecule has 2 heterocycles. The van der Waals surface area contributed by atoms with Gasteiger partial charge in [0.1, 0.15) is 0 Å². The molecule has 2 aromatic carbocycles. The zero-order valence-electron chi connectivity index (χ0n) is 15.5. The Morgan fingerprint density at radius 1 is 1.04 bits per heavy atom. The number of rotatable bonds is 6. The first-order valence-corrected chi connectivity index (χ1v) is 9.35. The molecule has 0 unspecified atom stereocenters. The van der Waals surface area contributed by atoms with E-state index in [2.05, 4.69) is 20.4 Å². The molecule has 0 saturated carbocycles. The number of carbonyl (C=O) groups excluding carboxylic acids is 1. The fraction of sp³-hybridized carbons (Fsp3) is 0.286. The molecule has 0 radical (unpaired) electrons. The highest BCUT2D eigenvalue weighted by Gasteiger charge is 2.18. The molecule has 144 valence electrons. The first-order chi connectivity index (χ1) is 13.8. The molecule has 3 aromatic rings. The van der Waals surface area contributed by atoms with Crippen LogP contribution in [0.4, 0.5) is 5.69 Å². The predicted molar refractivity (Wildman–Crippen MR) is 104 cm³/mol. The summed E-state index contributed by atoms with van der Waals surface area (Å²) in [5, 5.41) is 6.87. The Morgan fingerprint density at radius 2 is 1.79 bits per heavy atom. The molecular formula is C21H22N4O3. The molecule has 1 aliphatic rings. The number of hydrogen-bond donors (Lipinski definition) is 1. The van der Waals surface area contributed by atoms with Gasteiger partial charge in [0, 0.05) is 25.2 Å². The average molecular weight is 378 g/mol. The normalized spacial score (nSPS) is 14.1. The Bertz CT molecular complexity index is 920. The quantitative estimate of drug-likeness (QED) is 0.710. The highest BCUT2D eigenvalue weighted by Crippen LogP contribution is 2.21. The molecule has 28 heavy (non-hydrogen) atoms. The summed E-state index contributed by atoms with van der Waals surface area (Å²) < 4.78 is 10.7. The third kappa shape index (κ3) is 4.37. The Balaban J connectivity index is 1.39. The van der Waals surface area contributed by atoms with Crippen LogP contribution in [0.3, 0.4) is 0 Å². The molecule has 1 N–H and O–H groups in total. The van der Waals surface area contributed by atoms with Crippen molar-refractivity contribution in [2.24, 2.45) is 0 Å². The van der Waals surface area contributed by atoms with Gasteiger partial charge in [-0.05, 0) is 17.7 Å². The molecule has 1 aliphatic heterocycles. The van der Waals surface area contributed by atoms with Crippen molar-refractivity contribution in [1.82, 2.24) is 15.5 Å². The van der Waals surface area contributed by atoms with Gasteiger partial charge in [-0.3, -0.25) is 4.79 Å². The molecule has 7 nitrogen and oxygen atoms in total. The Labute approximate surface area is 163 Å². The summed E-state index contributed by atoms with van der Waals surface area (Å²) in [5.74, 6) is 0.831. The number of aromatic nitrogens is 2. The van der Waals surface area contributed by atoms with E-state index < -0.39 is 0 Å². The largest absolute Gasteiger partial charge is 0.378 e. The second-order valence-corrected chi connectivity index (χ2v) is 6.57. The van der Waals surface area contributed by atoms with E-state index in [0.29, 0.717) is 36.9 Å². The first-order valence-electron chi connectivity index (χ1n) is 9.35. The van der Waals surface area contributed by atoms with Crippen LogP contribution in [0, 0.1) is 0 Å². The molecule has 0 aliphatic carbocycles. The number of amides is 1. The third-order valence-electron chi connectivity index (χ3n) is 4.62. The summed E-state index contributed by atoms with van der Waals surface area (Å²) in [5.41, 5.74) is 2.66. The van der Waals surface area contributed by atoms with Crippen LogP contribution < -0.4 is 10.2 Å². The van der Waals surface area contributed by atoms with Gasteiger partial charge in [-0.15, -0.1) is 0 Å². The second-order valence-electron chi connectivity index (χ2n) is 6.57. The van der Waals surface area contributed by atoms with Crippen molar-refractivity contribution in [3.63, 3.8) is 0 Å². The number of nitrogens with one attached hydrogen (secondary N) is 1. The maximum absolute atomic E-state index is 12.7. The molecule has 1 fully saturated rings. The van der Waals surface area contributed by atoms with E-state index in [4.69, 9.17) is 9.26 Å². The molecule has 1 amide bonds. The number of morpholine rings is 1. The van der Waals surface area contributed by atoms with E-state index in [1.807, 2.05) is 54.6 Å². The van der Waals surface area contributed by atoms with E-state index in [1.165, 1.54) is 0 Å². The van der Waals surface area contributed by atoms with Crippen molar-refractivity contribution in [1.29, 1.82) is 0 Å². The van der Waals surface area contributed by atoms with E-state index in [0.717, 1.165) is 24.3 Å². The second kappa shape index (κ2) is 8.67. The topological polar surface area (TPSA) is 80.5 Å². The molecule has 0 bridgehead atoms. The lowest BCUT2D eigenvalue weighted by molar-refractivity contribution is 0.0945. The highest BCUT2D eigenvalue weighted by atomic mass is 16.5. The number of anilines is 1. The van der Waals surface area contributed by atoms with E-state index in [-0.39, 0.29) is 12.5 Å². The van der Waals surface area contributed by atoms with Crippen molar-refractivity contribution in [3.05, 3.63) is 77.4 Å². The van der Waals surface area contributed by atoms with Crippen LogP contribution >= 0.6 is 0 Å². The van der Waals surface area contributed by atoms with Gasteiger partial charge >= 0.3 is 0 Å². The molecule has 7 heteroatoms. The van der Waals surface area contributed by atoms with Gasteiger partial charge in [0.05, 0.1) is 25.3 Å². The number of benzene rings is 2. The molecule has 1 saturated heterocycles. The van der Waals surface area contributed by atoms with E-state index >= 15 is 0 Å². The van der Waals surface area contributed by atoms with Gasteiger partial charge in [-0.1, -0.05) is 47.6 Å². The summed E-state index contributed by atoms with van der Waals surface area (Å²) in [6.45, 7) is 3.08. The fourth-order valence-corrected chi connectivity index (χ4v) is 3.21. The molecule has 1 aromatic heterocycles. The summed E-state index contributed by atoms with van der Waals surface area (Å²) in [6, 6.07) is 17.5. The maximum Gasteiger partial charge on any atom is 0.253 e. The van der Waals surface area contributed by atoms with Crippen molar-refractivity contribution < 1.29 is 14.1 Å². The molecule has 0 atom stereocenters. The maximum atomic E-state index is 12.7. The van der Waals surface area contributed by atoms with Crippen LogP contribution in [0.1, 0.15) is 27.6 Å². The molecule has 0 spiro atoms. The smallest absolute Gasteiger partial charge is 0.253 e. The fourth-order valence-electron chi connectivity index (χ4n) is 3.21. The number of ether oxygens (including phenoxy) is 1. The van der Waals surface area contributed by atoms with Crippen LogP contribution in [0.5, 0.6) is 0 Å². The third-order valence-corrected chi connectivity index (χ3v) is 4.62. The van der Waals surface area contributed by atoms with Gasteiger partial charge < -0.3 is 19.5 Å². The van der Waals surface area contributed by atoms with Crippen LogP contribution in [0.25, 0.3) is 0 Å². The zero-order valence-corrected chi connectivity index (χ0v) is 15.5. The summed E-state index contributed by atoms with van der Waals surface area (Å²) in [4.78, 5) is 19.3. The summed E-state index contributed by atoms with van der Waals surface area (Å²) in [7, 11) is 0. The van der Waals surface area contributed by atoms with Gasteiger partial charge in [-0.2, -0.15) is 4.98 Å². The molecule has 4 rings (SSSR count). The minimum absolute atomic E-state index is 0.162. The minimum atomic E-state index is -0.162. The van der Waals surface area contributed by atoms with Crippen LogP contribution in [-0.2, 0) is 17.7 Å². The number of nitrogens with zero attached hydrogens (tertiary/aromatic N) is 3. The van der Waals surface area contributed by atoms with Crippen molar-refractivity contribution in [2.45, 2.75) is 13.0 Å². The SMILES string of the molecule is O=C(NCc1nc(Cc2ccccc2)no1)c1ccccc1N1CCOCC1. The molecular weight excluding hydrogens is 356 g/mol. The lowest BCUT2D eigenvalue weighted by Crippen LogP contribution is -2.37. The van der Waals surface area contributed by atoms with Gasteiger partial charge in [0.15, 0.2) is 5.82 Å². The van der Waals surface area contributed by atoms with Crippen molar-refractivity contribution in [2.75, 3.05) is 31.2 Å². The summed E-state index contributed by atoms with van der Waals surface area (Å²) in [6.07, 6.45) is 0.595. The van der Waals surface area contributed by atoms with Gasteiger partial charge in [0.25, 0.3) is 5.91 Å². The van der Waals surface area contributed by atoms with Gasteiger partial charge in [-0.25, -0.2) is 0 Å². The Hall–Kier alpha value is -3.19. The van der Waals surface area contributed by atoms with Crippen LogP contribution in [0.2, 0.25) is 0 Å². The van der Waals surface area contributed by atoms with E-state index in [9.17, 15) is 4.79 Å². The zero-order chi connectivity index (χ0) is 19.2. The lowest BCUT2D eigenvalue weighted by atomic mass is 10.1. The first kappa shape index (κ1) is 18.2. The number of hydrogen-bond acceptors (Lipinski definition) is 6. The lowest BCUT2D eigenvalue weighted by Gasteiger charge is -2.30. The Morgan fingerprint density at radius 3 is 2.61 bits per heavy atom. The monoisotopic (exact) mass is 378 g/mol. The standard InChI is InChI=1S/C21H22N4O3/c26-21(17-8-4-5-9-18(17)25-10-12-27-13-11-25)22-15-20-23-19(24-28-20)14-16-6-2-1-3-7-16/h1-9H,10-15H2,(H,22,26). The van der Waals surface area contributed by atoms with Crippen LogP contribution in [-0.4, -0.2) is 42.4 Å². The minimum Gasteiger partial charge on any atom is -0.378 e. The van der Waals surface area contributed by atoms with Gasteiger partial charge in [0.2, 0.25) is 5.89 Å². The Kier molecular flexibility index (Phi) is 5.63. The van der Waals surface area contributed by atoms with E-state index in [1.54, 1.807) is 0 Å². The van der Waals surface area contributed by atoms with Crippen LogP contribution in [0.15, 0.2) is 59.1 Å².